The van der Waals surface area contributed by atoms with Gasteiger partial charge in [-0.1, -0.05) is 52.8 Å². The second-order valence-corrected chi connectivity index (χ2v) is 7.31. The molecular formula is C20H20N4O2S. The lowest BCUT2D eigenvalue weighted by atomic mass is 10.1. The van der Waals surface area contributed by atoms with Crippen molar-refractivity contribution in [3.8, 4) is 10.6 Å². The Kier molecular flexibility index (Phi) is 5.61. The van der Waals surface area contributed by atoms with E-state index in [1.807, 2.05) is 50.2 Å². The Labute approximate surface area is 161 Å². The zero-order valence-electron chi connectivity index (χ0n) is 15.3. The van der Waals surface area contributed by atoms with Crippen LogP contribution in [0.25, 0.3) is 10.6 Å². The minimum Gasteiger partial charge on any atom is -0.341 e. The zero-order valence-corrected chi connectivity index (χ0v) is 16.1. The van der Waals surface area contributed by atoms with Gasteiger partial charge in [0.25, 0.3) is 5.91 Å². The number of carbonyl (C=O) groups excluding carboxylic acids is 2. The van der Waals surface area contributed by atoms with Gasteiger partial charge in [-0.15, -0.1) is 10.2 Å². The van der Waals surface area contributed by atoms with Gasteiger partial charge < -0.3 is 5.32 Å². The lowest BCUT2D eigenvalue weighted by Crippen LogP contribution is -2.41. The minimum absolute atomic E-state index is 0.296. The molecule has 0 bridgehead atoms. The van der Waals surface area contributed by atoms with Crippen LogP contribution in [0.5, 0.6) is 0 Å². The molecule has 27 heavy (non-hydrogen) atoms. The summed E-state index contributed by atoms with van der Waals surface area (Å²) in [5.41, 5.74) is 3.66. The number of hydrogen-bond acceptors (Lipinski definition) is 5. The second-order valence-electron chi connectivity index (χ2n) is 6.33. The van der Waals surface area contributed by atoms with Gasteiger partial charge >= 0.3 is 0 Å². The van der Waals surface area contributed by atoms with Crippen LogP contribution in [0.2, 0.25) is 0 Å². The van der Waals surface area contributed by atoms with Crippen molar-refractivity contribution in [3.63, 3.8) is 0 Å². The van der Waals surface area contributed by atoms with Crippen molar-refractivity contribution < 1.29 is 9.59 Å². The van der Waals surface area contributed by atoms with Gasteiger partial charge in [-0.05, 0) is 39.0 Å². The lowest BCUT2D eigenvalue weighted by molar-refractivity contribution is -0.117. The van der Waals surface area contributed by atoms with Crippen LogP contribution in [0.3, 0.4) is 0 Å². The molecule has 0 spiro atoms. The molecule has 0 aliphatic rings. The molecule has 3 rings (SSSR count). The Balaban J connectivity index is 1.61. The van der Waals surface area contributed by atoms with E-state index in [4.69, 9.17) is 0 Å². The number of amides is 2. The molecule has 2 amide bonds. The summed E-state index contributed by atoms with van der Waals surface area (Å²) < 4.78 is 0. The molecule has 0 fully saturated rings. The smallest absolute Gasteiger partial charge is 0.251 e. The molecular weight excluding hydrogens is 360 g/mol. The molecule has 1 heterocycles. The monoisotopic (exact) mass is 380 g/mol. The average Bonchev–Trinajstić information content (AvgIpc) is 3.10. The molecule has 0 saturated carbocycles. The molecule has 0 aliphatic heterocycles. The van der Waals surface area contributed by atoms with Gasteiger partial charge in [0.05, 0.1) is 0 Å². The number of nitrogens with zero attached hydrogens (tertiary/aromatic N) is 2. The van der Waals surface area contributed by atoms with Gasteiger partial charge in [-0.2, -0.15) is 0 Å². The fourth-order valence-electron chi connectivity index (χ4n) is 2.43. The van der Waals surface area contributed by atoms with Crippen LogP contribution in [0, 0.1) is 13.8 Å². The van der Waals surface area contributed by atoms with Crippen molar-refractivity contribution in [1.82, 2.24) is 15.5 Å². The van der Waals surface area contributed by atoms with E-state index in [1.54, 1.807) is 19.1 Å². The maximum Gasteiger partial charge on any atom is 0.251 e. The first kappa shape index (κ1) is 18.7. The topological polar surface area (TPSA) is 84.0 Å². The molecule has 1 unspecified atom stereocenters. The third-order valence-electron chi connectivity index (χ3n) is 3.97. The molecule has 2 aromatic carbocycles. The molecule has 3 aromatic rings. The molecule has 0 radical (unpaired) electrons. The SMILES string of the molecule is Cc1ccc(C(=O)NC(C)C(=O)Nc2nnc(-c3cccc(C)c3)s2)cc1. The first-order chi connectivity index (χ1) is 12.9. The fraction of sp³-hybridized carbons (Fsp3) is 0.200. The maximum absolute atomic E-state index is 12.3. The van der Waals surface area contributed by atoms with E-state index in [2.05, 4.69) is 20.8 Å². The summed E-state index contributed by atoms with van der Waals surface area (Å²) in [6.45, 7) is 5.58. The number of carbonyl (C=O) groups is 2. The van der Waals surface area contributed by atoms with Crippen LogP contribution in [-0.2, 0) is 4.79 Å². The zero-order chi connectivity index (χ0) is 19.4. The highest BCUT2D eigenvalue weighted by molar-refractivity contribution is 7.18. The summed E-state index contributed by atoms with van der Waals surface area (Å²) >= 11 is 1.29. The molecule has 1 aromatic heterocycles. The Bertz CT molecular complexity index is 966. The molecule has 138 valence electrons. The van der Waals surface area contributed by atoms with E-state index in [0.717, 1.165) is 21.7 Å². The summed E-state index contributed by atoms with van der Waals surface area (Å²) in [4.78, 5) is 24.6. The highest BCUT2D eigenvalue weighted by atomic mass is 32.1. The van der Waals surface area contributed by atoms with Gasteiger partial charge in [0.1, 0.15) is 11.0 Å². The molecule has 2 N–H and O–H groups in total. The highest BCUT2D eigenvalue weighted by Crippen LogP contribution is 2.26. The lowest BCUT2D eigenvalue weighted by Gasteiger charge is -2.12. The van der Waals surface area contributed by atoms with E-state index in [-0.39, 0.29) is 11.8 Å². The predicted molar refractivity (Wildman–Crippen MR) is 107 cm³/mol. The molecule has 6 nitrogen and oxygen atoms in total. The first-order valence-corrected chi connectivity index (χ1v) is 9.33. The van der Waals surface area contributed by atoms with Crippen molar-refractivity contribution in [2.75, 3.05) is 5.32 Å². The number of aryl methyl sites for hydroxylation is 2. The predicted octanol–water partition coefficient (Wildman–Crippen LogP) is 3.58. The first-order valence-electron chi connectivity index (χ1n) is 8.51. The number of aromatic nitrogens is 2. The fourth-order valence-corrected chi connectivity index (χ4v) is 3.18. The van der Waals surface area contributed by atoms with Crippen LogP contribution < -0.4 is 10.6 Å². The average molecular weight is 380 g/mol. The summed E-state index contributed by atoms with van der Waals surface area (Å²) in [6.07, 6.45) is 0. The van der Waals surface area contributed by atoms with E-state index >= 15 is 0 Å². The van der Waals surface area contributed by atoms with E-state index in [9.17, 15) is 9.59 Å². The van der Waals surface area contributed by atoms with Crippen molar-refractivity contribution in [2.24, 2.45) is 0 Å². The highest BCUT2D eigenvalue weighted by Gasteiger charge is 2.18. The number of rotatable bonds is 5. The Morgan fingerprint density at radius 2 is 1.74 bits per heavy atom. The summed E-state index contributed by atoms with van der Waals surface area (Å²) in [7, 11) is 0. The van der Waals surface area contributed by atoms with Crippen molar-refractivity contribution in [3.05, 3.63) is 65.2 Å². The summed E-state index contributed by atoms with van der Waals surface area (Å²) in [5, 5.41) is 14.7. The van der Waals surface area contributed by atoms with Crippen LogP contribution in [-0.4, -0.2) is 28.1 Å². The van der Waals surface area contributed by atoms with Gasteiger partial charge in [0.15, 0.2) is 0 Å². The van der Waals surface area contributed by atoms with Crippen molar-refractivity contribution >= 4 is 28.3 Å². The number of hydrogen-bond donors (Lipinski definition) is 2. The third-order valence-corrected chi connectivity index (χ3v) is 4.86. The molecule has 7 heteroatoms. The van der Waals surface area contributed by atoms with E-state index < -0.39 is 6.04 Å². The number of anilines is 1. The number of nitrogens with one attached hydrogen (secondary N) is 2. The van der Waals surface area contributed by atoms with Crippen LogP contribution in [0.15, 0.2) is 48.5 Å². The molecule has 1 atom stereocenters. The maximum atomic E-state index is 12.3. The van der Waals surface area contributed by atoms with Crippen LogP contribution in [0.4, 0.5) is 5.13 Å². The third kappa shape index (κ3) is 4.77. The van der Waals surface area contributed by atoms with Gasteiger partial charge in [-0.3, -0.25) is 14.9 Å². The molecule has 0 aliphatic carbocycles. The summed E-state index contributed by atoms with van der Waals surface area (Å²) in [5.74, 6) is -0.641. The largest absolute Gasteiger partial charge is 0.341 e. The molecule has 0 saturated heterocycles. The quantitative estimate of drug-likeness (QED) is 0.709. The van der Waals surface area contributed by atoms with Crippen molar-refractivity contribution in [2.45, 2.75) is 26.8 Å². The van der Waals surface area contributed by atoms with Gasteiger partial charge in [0, 0.05) is 11.1 Å². The van der Waals surface area contributed by atoms with Crippen LogP contribution in [0.1, 0.15) is 28.4 Å². The van der Waals surface area contributed by atoms with Gasteiger partial charge in [-0.25, -0.2) is 0 Å². The van der Waals surface area contributed by atoms with E-state index in [1.165, 1.54) is 11.3 Å². The minimum atomic E-state index is -0.704. The summed E-state index contributed by atoms with van der Waals surface area (Å²) in [6, 6.07) is 14.4. The Hall–Kier alpha value is -3.06. The van der Waals surface area contributed by atoms with Crippen molar-refractivity contribution in [1.29, 1.82) is 0 Å². The standard InChI is InChI=1S/C20H20N4O2S/c1-12-7-9-15(10-8-12)18(26)21-14(3)17(25)22-20-24-23-19(27-20)16-6-4-5-13(2)11-16/h4-11,14H,1-3H3,(H,21,26)(H,22,24,25). The normalized spacial score (nSPS) is 11.7. The van der Waals surface area contributed by atoms with Gasteiger partial charge in [0.2, 0.25) is 11.0 Å². The Morgan fingerprint density at radius 3 is 2.44 bits per heavy atom. The number of benzene rings is 2. The van der Waals surface area contributed by atoms with E-state index in [0.29, 0.717) is 10.7 Å². The van der Waals surface area contributed by atoms with Crippen LogP contribution >= 0.6 is 11.3 Å². The second kappa shape index (κ2) is 8.09. The Morgan fingerprint density at radius 1 is 1.00 bits per heavy atom.